The maximum atomic E-state index is 12.6. The summed E-state index contributed by atoms with van der Waals surface area (Å²) in [7, 11) is 1.15. The lowest BCUT2D eigenvalue weighted by Gasteiger charge is -2.12. The highest BCUT2D eigenvalue weighted by atomic mass is 32.1. The summed E-state index contributed by atoms with van der Waals surface area (Å²) < 4.78 is 42.8. The van der Waals surface area contributed by atoms with Crippen LogP contribution in [-0.2, 0) is 10.9 Å². The molecule has 9 heteroatoms. The van der Waals surface area contributed by atoms with Gasteiger partial charge in [0.2, 0.25) is 0 Å². The van der Waals surface area contributed by atoms with Gasteiger partial charge in [-0.05, 0) is 24.4 Å². The number of ether oxygens (including phenoxy) is 1. The van der Waals surface area contributed by atoms with Gasteiger partial charge in [-0.1, -0.05) is 12.1 Å². The third kappa shape index (κ3) is 2.93. The quantitative estimate of drug-likeness (QED) is 0.679. The van der Waals surface area contributed by atoms with Crippen molar-refractivity contribution in [1.29, 1.82) is 0 Å². The molecule has 0 fully saturated rings. The molecule has 1 heterocycles. The number of methoxy groups -OCH3 is 1. The van der Waals surface area contributed by atoms with Crippen LogP contribution in [0.25, 0.3) is 5.69 Å². The average molecular weight is 330 g/mol. The van der Waals surface area contributed by atoms with Crippen LogP contribution in [-0.4, -0.2) is 22.6 Å². The summed E-state index contributed by atoms with van der Waals surface area (Å²) in [6.07, 6.45) is -4.73. The van der Waals surface area contributed by atoms with Gasteiger partial charge in [-0.25, -0.2) is 4.79 Å². The first-order valence-electron chi connectivity index (χ1n) is 5.87. The number of carbonyl (C=O) groups is 1. The van der Waals surface area contributed by atoms with Crippen LogP contribution in [0.4, 0.5) is 13.2 Å². The summed E-state index contributed by atoms with van der Waals surface area (Å²) in [5.41, 5.74) is -2.22. The van der Waals surface area contributed by atoms with E-state index in [4.69, 9.17) is 12.2 Å². The van der Waals surface area contributed by atoms with Crippen LogP contribution in [0.3, 0.4) is 0 Å². The van der Waals surface area contributed by atoms with Crippen molar-refractivity contribution in [2.45, 2.75) is 6.18 Å². The minimum absolute atomic E-state index is 0.00589. The Morgan fingerprint density at radius 1 is 1.32 bits per heavy atom. The number of hydrogen-bond donors (Lipinski definition) is 1. The maximum Gasteiger partial charge on any atom is 0.431 e. The normalized spacial score (nSPS) is 11.3. The SMILES string of the molecule is COC(=O)c1ccccc1-n1c(=O)cc(C(F)(F)F)[nH]c1=S. The number of halogens is 3. The summed E-state index contributed by atoms with van der Waals surface area (Å²) in [6, 6.07) is 6.17. The van der Waals surface area contributed by atoms with Gasteiger partial charge < -0.3 is 9.72 Å². The molecule has 0 atom stereocenters. The van der Waals surface area contributed by atoms with Crippen molar-refractivity contribution in [1.82, 2.24) is 9.55 Å². The Morgan fingerprint density at radius 3 is 2.50 bits per heavy atom. The zero-order valence-electron chi connectivity index (χ0n) is 11.1. The van der Waals surface area contributed by atoms with E-state index in [1.807, 2.05) is 4.98 Å². The number of H-pyrrole nitrogens is 1. The van der Waals surface area contributed by atoms with Crippen molar-refractivity contribution in [3.8, 4) is 5.69 Å². The van der Waals surface area contributed by atoms with Crippen molar-refractivity contribution in [3.63, 3.8) is 0 Å². The van der Waals surface area contributed by atoms with E-state index in [-0.39, 0.29) is 11.3 Å². The number of nitrogens with one attached hydrogen (secondary N) is 1. The molecule has 116 valence electrons. The Hall–Kier alpha value is -2.42. The molecule has 1 N–H and O–H groups in total. The molecule has 2 rings (SSSR count). The molecule has 5 nitrogen and oxygen atoms in total. The van der Waals surface area contributed by atoms with Gasteiger partial charge in [-0.15, -0.1) is 0 Å². The first-order valence-corrected chi connectivity index (χ1v) is 6.28. The first-order chi connectivity index (χ1) is 10.3. The molecule has 0 aliphatic rings. The second-order valence-corrected chi connectivity index (χ2v) is 4.56. The summed E-state index contributed by atoms with van der Waals surface area (Å²) in [4.78, 5) is 25.6. The molecular weight excluding hydrogens is 321 g/mol. The number of esters is 1. The highest BCUT2D eigenvalue weighted by Crippen LogP contribution is 2.26. The van der Waals surface area contributed by atoms with Gasteiger partial charge in [-0.2, -0.15) is 13.2 Å². The molecule has 0 saturated carbocycles. The fourth-order valence-corrected chi connectivity index (χ4v) is 2.13. The Kier molecular flexibility index (Phi) is 4.18. The van der Waals surface area contributed by atoms with Crippen LogP contribution >= 0.6 is 12.2 Å². The van der Waals surface area contributed by atoms with E-state index >= 15 is 0 Å². The smallest absolute Gasteiger partial charge is 0.431 e. The Bertz CT molecular complexity index is 808. The van der Waals surface area contributed by atoms with Gasteiger partial charge in [0.15, 0.2) is 4.77 Å². The van der Waals surface area contributed by atoms with Gasteiger partial charge in [-0.3, -0.25) is 9.36 Å². The predicted octanol–water partition coefficient (Wildman–Crippen LogP) is 2.70. The number of hydrogen-bond acceptors (Lipinski definition) is 4. The number of alkyl halides is 3. The third-order valence-electron chi connectivity index (χ3n) is 2.79. The maximum absolute atomic E-state index is 12.6. The van der Waals surface area contributed by atoms with E-state index in [2.05, 4.69) is 4.74 Å². The molecule has 0 amide bonds. The predicted molar refractivity (Wildman–Crippen MR) is 73.6 cm³/mol. The van der Waals surface area contributed by atoms with Crippen LogP contribution < -0.4 is 5.56 Å². The lowest BCUT2D eigenvalue weighted by Crippen LogP contribution is -2.25. The molecule has 0 bridgehead atoms. The molecular formula is C13H9F3N2O3S. The van der Waals surface area contributed by atoms with Crippen molar-refractivity contribution >= 4 is 18.2 Å². The average Bonchev–Trinajstić information content (AvgIpc) is 2.45. The molecule has 0 aliphatic carbocycles. The molecule has 1 aromatic heterocycles. The number of para-hydroxylation sites is 1. The van der Waals surface area contributed by atoms with E-state index in [1.165, 1.54) is 24.3 Å². The van der Waals surface area contributed by atoms with Crippen molar-refractivity contribution in [2.75, 3.05) is 7.11 Å². The van der Waals surface area contributed by atoms with Gasteiger partial charge in [0.05, 0.1) is 18.4 Å². The van der Waals surface area contributed by atoms with Crippen LogP contribution in [0.15, 0.2) is 35.1 Å². The lowest BCUT2D eigenvalue weighted by atomic mass is 10.1. The molecule has 1 aromatic carbocycles. The number of nitrogens with zero attached hydrogens (tertiary/aromatic N) is 1. The van der Waals surface area contributed by atoms with Crippen LogP contribution in [0.2, 0.25) is 0 Å². The highest BCUT2D eigenvalue weighted by Gasteiger charge is 2.32. The molecule has 0 saturated heterocycles. The molecule has 0 aliphatic heterocycles. The minimum Gasteiger partial charge on any atom is -0.465 e. The Balaban J connectivity index is 2.73. The van der Waals surface area contributed by atoms with Gasteiger partial charge >= 0.3 is 12.1 Å². The third-order valence-corrected chi connectivity index (χ3v) is 3.07. The molecule has 0 spiro atoms. The fourth-order valence-electron chi connectivity index (χ4n) is 1.83. The van der Waals surface area contributed by atoms with E-state index < -0.39 is 28.2 Å². The van der Waals surface area contributed by atoms with E-state index in [0.29, 0.717) is 6.07 Å². The summed E-state index contributed by atoms with van der Waals surface area (Å²) >= 11 is 4.82. The van der Waals surface area contributed by atoms with Crippen LogP contribution in [0.1, 0.15) is 16.1 Å². The molecule has 2 aromatic rings. The Labute approximate surface area is 127 Å². The fraction of sp³-hybridized carbons (Fsp3) is 0.154. The molecule has 0 unspecified atom stereocenters. The number of carbonyl (C=O) groups excluding carboxylic acids is 1. The Morgan fingerprint density at radius 2 is 1.95 bits per heavy atom. The number of rotatable bonds is 2. The van der Waals surface area contributed by atoms with Crippen LogP contribution in [0, 0.1) is 4.77 Å². The molecule has 22 heavy (non-hydrogen) atoms. The number of aromatic nitrogens is 2. The zero-order chi connectivity index (χ0) is 16.5. The van der Waals surface area contributed by atoms with E-state index in [9.17, 15) is 22.8 Å². The number of aromatic amines is 1. The molecule has 0 radical (unpaired) electrons. The first kappa shape index (κ1) is 16.0. The largest absolute Gasteiger partial charge is 0.465 e. The summed E-state index contributed by atoms with van der Waals surface area (Å²) in [5, 5.41) is 0. The van der Waals surface area contributed by atoms with Crippen molar-refractivity contribution < 1.29 is 22.7 Å². The van der Waals surface area contributed by atoms with Crippen LogP contribution in [0.5, 0.6) is 0 Å². The highest BCUT2D eigenvalue weighted by molar-refractivity contribution is 7.71. The second kappa shape index (κ2) is 5.76. The minimum atomic E-state index is -4.73. The van der Waals surface area contributed by atoms with Crippen molar-refractivity contribution in [2.24, 2.45) is 0 Å². The van der Waals surface area contributed by atoms with Gasteiger partial charge in [0.1, 0.15) is 5.69 Å². The number of benzene rings is 1. The summed E-state index contributed by atoms with van der Waals surface area (Å²) in [6.45, 7) is 0. The topological polar surface area (TPSA) is 64.1 Å². The van der Waals surface area contributed by atoms with Crippen molar-refractivity contribution in [3.05, 3.63) is 56.7 Å². The lowest BCUT2D eigenvalue weighted by molar-refractivity contribution is -0.141. The van der Waals surface area contributed by atoms with Gasteiger partial charge in [0, 0.05) is 6.07 Å². The monoisotopic (exact) mass is 330 g/mol. The second-order valence-electron chi connectivity index (χ2n) is 4.17. The van der Waals surface area contributed by atoms with E-state index in [1.54, 1.807) is 0 Å². The summed E-state index contributed by atoms with van der Waals surface area (Å²) in [5.74, 6) is -0.739. The zero-order valence-corrected chi connectivity index (χ0v) is 11.9. The van der Waals surface area contributed by atoms with E-state index in [0.717, 1.165) is 11.7 Å². The van der Waals surface area contributed by atoms with Gasteiger partial charge in [0.25, 0.3) is 5.56 Å². The standard InChI is InChI=1S/C13H9F3N2O3S/c1-21-11(20)7-4-2-3-5-8(7)18-10(19)6-9(13(14,15)16)17-12(18)22/h2-6H,1H3,(H,17,22).